The Morgan fingerprint density at radius 3 is 2.88 bits per heavy atom. The molecule has 0 fully saturated rings. The third kappa shape index (κ3) is 3.80. The molecule has 1 aromatic heterocycles. The van der Waals surface area contributed by atoms with Crippen molar-refractivity contribution in [1.82, 2.24) is 9.78 Å². The summed E-state index contributed by atoms with van der Waals surface area (Å²) >= 11 is 6.10. The van der Waals surface area contributed by atoms with E-state index in [1.165, 1.54) is 0 Å². The molecule has 96 valence electrons. The number of halogens is 1. The van der Waals surface area contributed by atoms with Crippen molar-refractivity contribution in [3.63, 3.8) is 0 Å². The Morgan fingerprint density at radius 1 is 1.59 bits per heavy atom. The van der Waals surface area contributed by atoms with Crippen LogP contribution in [0, 0.1) is 6.92 Å². The zero-order valence-electron chi connectivity index (χ0n) is 10.2. The maximum atomic E-state index is 11.7. The summed E-state index contributed by atoms with van der Waals surface area (Å²) in [5.74, 6) is -0.0186. The zero-order chi connectivity index (χ0) is 12.8. The van der Waals surface area contributed by atoms with Crippen LogP contribution in [0.4, 0.5) is 0 Å². The number of ether oxygens (including phenoxy) is 1. The van der Waals surface area contributed by atoms with E-state index in [1.807, 2.05) is 13.8 Å². The molecule has 0 aromatic carbocycles. The van der Waals surface area contributed by atoms with Gasteiger partial charge in [0, 0.05) is 13.1 Å². The van der Waals surface area contributed by atoms with Gasteiger partial charge in [0.05, 0.1) is 29.4 Å². The molecule has 0 saturated heterocycles. The van der Waals surface area contributed by atoms with Gasteiger partial charge >= 0.3 is 0 Å². The summed E-state index contributed by atoms with van der Waals surface area (Å²) in [4.78, 5) is 11.7. The fourth-order valence-corrected chi connectivity index (χ4v) is 1.75. The summed E-state index contributed by atoms with van der Waals surface area (Å²) in [7, 11) is 0. The minimum atomic E-state index is -0.0186. The monoisotopic (exact) mass is 259 g/mol. The fourth-order valence-electron chi connectivity index (χ4n) is 1.55. The summed E-state index contributed by atoms with van der Waals surface area (Å²) in [6, 6.07) is 0. The van der Waals surface area contributed by atoms with Crippen LogP contribution >= 0.6 is 11.6 Å². The SMILES string of the molecule is CCn1nc(C)c(Cl)c1CC(=O)COCCN. The van der Waals surface area contributed by atoms with E-state index in [0.29, 0.717) is 24.7 Å². The van der Waals surface area contributed by atoms with E-state index in [0.717, 1.165) is 11.4 Å². The number of hydrogen-bond donors (Lipinski definition) is 1. The summed E-state index contributed by atoms with van der Waals surface area (Å²) in [6.07, 6.45) is 0.248. The highest BCUT2D eigenvalue weighted by atomic mass is 35.5. The molecule has 0 aliphatic rings. The molecule has 0 aliphatic carbocycles. The number of rotatable bonds is 7. The van der Waals surface area contributed by atoms with Crippen LogP contribution < -0.4 is 5.73 Å². The van der Waals surface area contributed by atoms with E-state index in [1.54, 1.807) is 4.68 Å². The zero-order valence-corrected chi connectivity index (χ0v) is 11.0. The highest BCUT2D eigenvalue weighted by Gasteiger charge is 2.15. The van der Waals surface area contributed by atoms with Crippen molar-refractivity contribution in [3.05, 3.63) is 16.4 Å². The molecule has 17 heavy (non-hydrogen) atoms. The topological polar surface area (TPSA) is 70.1 Å². The van der Waals surface area contributed by atoms with Crippen molar-refractivity contribution in [1.29, 1.82) is 0 Å². The normalized spacial score (nSPS) is 10.8. The summed E-state index contributed by atoms with van der Waals surface area (Å²) in [5.41, 5.74) is 6.78. The Morgan fingerprint density at radius 2 is 2.29 bits per heavy atom. The van der Waals surface area contributed by atoms with Crippen molar-refractivity contribution in [2.24, 2.45) is 5.73 Å². The van der Waals surface area contributed by atoms with Gasteiger partial charge in [-0.05, 0) is 13.8 Å². The maximum absolute atomic E-state index is 11.7. The molecule has 5 nitrogen and oxygen atoms in total. The molecule has 0 unspecified atom stereocenters. The van der Waals surface area contributed by atoms with E-state index < -0.39 is 0 Å². The minimum absolute atomic E-state index is 0.0186. The second kappa shape index (κ2) is 6.74. The number of nitrogens with zero attached hydrogens (tertiary/aromatic N) is 2. The van der Waals surface area contributed by atoms with Crippen LogP contribution in [0.2, 0.25) is 5.02 Å². The van der Waals surface area contributed by atoms with Crippen LogP contribution in [0.5, 0.6) is 0 Å². The van der Waals surface area contributed by atoms with E-state index in [9.17, 15) is 4.79 Å². The molecule has 0 aliphatic heterocycles. The van der Waals surface area contributed by atoms with Crippen molar-refractivity contribution >= 4 is 17.4 Å². The molecule has 1 rings (SSSR count). The maximum Gasteiger partial charge on any atom is 0.164 e. The number of aryl methyl sites for hydroxylation is 2. The summed E-state index contributed by atoms with van der Waals surface area (Å²) in [5, 5.41) is 4.82. The van der Waals surface area contributed by atoms with Crippen molar-refractivity contribution in [2.45, 2.75) is 26.8 Å². The smallest absolute Gasteiger partial charge is 0.164 e. The molecular formula is C11H18ClN3O2. The lowest BCUT2D eigenvalue weighted by Crippen LogP contribution is -2.17. The molecule has 0 atom stereocenters. The number of hydrogen-bond acceptors (Lipinski definition) is 4. The summed E-state index contributed by atoms with van der Waals surface area (Å²) in [6.45, 7) is 5.36. The third-order valence-electron chi connectivity index (χ3n) is 2.34. The van der Waals surface area contributed by atoms with Crippen LogP contribution in [-0.2, 0) is 22.5 Å². The molecule has 0 spiro atoms. The van der Waals surface area contributed by atoms with Gasteiger partial charge in [-0.2, -0.15) is 5.10 Å². The van der Waals surface area contributed by atoms with E-state index in [-0.39, 0.29) is 18.8 Å². The number of carbonyl (C=O) groups excluding carboxylic acids is 1. The van der Waals surface area contributed by atoms with Crippen molar-refractivity contribution in [3.8, 4) is 0 Å². The first-order valence-corrected chi connectivity index (χ1v) is 5.99. The molecule has 1 aromatic rings. The second-order valence-electron chi connectivity index (χ2n) is 3.72. The van der Waals surface area contributed by atoms with Gasteiger partial charge in [0.15, 0.2) is 5.78 Å². The lowest BCUT2D eigenvalue weighted by molar-refractivity contribution is -0.122. The van der Waals surface area contributed by atoms with Gasteiger partial charge < -0.3 is 10.5 Å². The Kier molecular flexibility index (Phi) is 5.61. The summed E-state index contributed by atoms with van der Waals surface area (Å²) < 4.78 is 6.84. The average Bonchev–Trinajstić information content (AvgIpc) is 2.57. The molecule has 1 heterocycles. The molecule has 6 heteroatoms. The van der Waals surface area contributed by atoms with E-state index in [2.05, 4.69) is 5.10 Å². The molecule has 0 radical (unpaired) electrons. The standard InChI is InChI=1S/C11H18ClN3O2/c1-3-15-10(11(12)8(2)14-15)6-9(16)7-17-5-4-13/h3-7,13H2,1-2H3. The number of nitrogens with two attached hydrogens (primary N) is 1. The third-order valence-corrected chi connectivity index (χ3v) is 2.83. The second-order valence-corrected chi connectivity index (χ2v) is 4.10. The van der Waals surface area contributed by atoms with Crippen molar-refractivity contribution < 1.29 is 9.53 Å². The van der Waals surface area contributed by atoms with Gasteiger partial charge in [0.25, 0.3) is 0 Å². The van der Waals surface area contributed by atoms with Gasteiger partial charge in [-0.1, -0.05) is 11.6 Å². The Labute approximate surface area is 106 Å². The van der Waals surface area contributed by atoms with Gasteiger partial charge in [-0.25, -0.2) is 0 Å². The van der Waals surface area contributed by atoms with Crippen LogP contribution in [0.15, 0.2) is 0 Å². The minimum Gasteiger partial charge on any atom is -0.372 e. The van der Waals surface area contributed by atoms with Crippen LogP contribution in [-0.4, -0.2) is 35.3 Å². The Balaban J connectivity index is 2.64. The largest absolute Gasteiger partial charge is 0.372 e. The van der Waals surface area contributed by atoms with E-state index in [4.69, 9.17) is 22.1 Å². The fraction of sp³-hybridized carbons (Fsp3) is 0.636. The molecular weight excluding hydrogens is 242 g/mol. The van der Waals surface area contributed by atoms with Crippen molar-refractivity contribution in [2.75, 3.05) is 19.8 Å². The van der Waals surface area contributed by atoms with Crippen LogP contribution in [0.1, 0.15) is 18.3 Å². The van der Waals surface area contributed by atoms with Gasteiger partial charge in [0.2, 0.25) is 0 Å². The Bertz CT molecular complexity index is 390. The van der Waals surface area contributed by atoms with Gasteiger partial charge in [-0.3, -0.25) is 9.48 Å². The predicted octanol–water partition coefficient (Wildman–Crippen LogP) is 0.952. The van der Waals surface area contributed by atoms with Gasteiger partial charge in [-0.15, -0.1) is 0 Å². The predicted molar refractivity (Wildman–Crippen MR) is 66.2 cm³/mol. The molecule has 2 N–H and O–H groups in total. The lowest BCUT2D eigenvalue weighted by atomic mass is 10.2. The molecule has 0 bridgehead atoms. The number of ketones is 1. The van der Waals surface area contributed by atoms with Crippen LogP contribution in [0.3, 0.4) is 0 Å². The first-order valence-electron chi connectivity index (χ1n) is 5.61. The number of carbonyl (C=O) groups is 1. The van der Waals surface area contributed by atoms with Crippen LogP contribution in [0.25, 0.3) is 0 Å². The molecule has 0 amide bonds. The lowest BCUT2D eigenvalue weighted by Gasteiger charge is -2.05. The quantitative estimate of drug-likeness (QED) is 0.741. The molecule has 0 saturated carbocycles. The van der Waals surface area contributed by atoms with Gasteiger partial charge in [0.1, 0.15) is 6.61 Å². The van der Waals surface area contributed by atoms with E-state index >= 15 is 0 Å². The number of aromatic nitrogens is 2. The first-order chi connectivity index (χ1) is 8.10. The highest BCUT2D eigenvalue weighted by molar-refractivity contribution is 6.32. The first kappa shape index (κ1) is 14.2. The Hall–Kier alpha value is -0.910. The highest BCUT2D eigenvalue weighted by Crippen LogP contribution is 2.20. The number of Topliss-reactive ketones (excluding diaryl/α,β-unsaturated/α-hetero) is 1. The average molecular weight is 260 g/mol.